The molecule has 0 N–H and O–H groups in total. The second kappa shape index (κ2) is 5.61. The van der Waals surface area contributed by atoms with E-state index < -0.39 is 0 Å². The number of carbonyl (C=O) groups is 1. The SMILES string of the molecule is CN(C)C1(C(=O)c2cccnc2)CCCCCC1. The number of hydrogen-bond donors (Lipinski definition) is 0. The molecule has 0 radical (unpaired) electrons. The van der Waals surface area contributed by atoms with E-state index in [0.717, 1.165) is 31.2 Å². The standard InChI is InChI=1S/C15H22N2O/c1-17(2)15(9-5-3-4-6-10-15)14(18)13-8-7-11-16-12-13/h7-8,11-12H,3-6,9-10H2,1-2H3. The van der Waals surface area contributed by atoms with Crippen LogP contribution in [-0.4, -0.2) is 35.3 Å². The monoisotopic (exact) mass is 246 g/mol. The van der Waals surface area contributed by atoms with Gasteiger partial charge in [0.1, 0.15) is 0 Å². The molecule has 0 unspecified atom stereocenters. The molecule has 0 amide bonds. The molecule has 3 nitrogen and oxygen atoms in total. The van der Waals surface area contributed by atoms with Gasteiger partial charge in [0, 0.05) is 18.0 Å². The number of rotatable bonds is 3. The molecule has 1 fully saturated rings. The van der Waals surface area contributed by atoms with Crippen LogP contribution in [0.3, 0.4) is 0 Å². The smallest absolute Gasteiger partial charge is 0.184 e. The highest BCUT2D eigenvalue weighted by molar-refractivity contribution is 6.03. The van der Waals surface area contributed by atoms with Crippen molar-refractivity contribution in [3.05, 3.63) is 30.1 Å². The second-order valence-corrected chi connectivity index (χ2v) is 5.41. The first-order chi connectivity index (χ1) is 8.67. The topological polar surface area (TPSA) is 33.2 Å². The van der Waals surface area contributed by atoms with E-state index in [1.165, 1.54) is 12.8 Å². The molecule has 1 aliphatic carbocycles. The van der Waals surface area contributed by atoms with Crippen molar-refractivity contribution in [2.24, 2.45) is 0 Å². The number of pyridine rings is 1. The molecule has 98 valence electrons. The lowest BCUT2D eigenvalue weighted by Gasteiger charge is -2.38. The Labute approximate surface area is 109 Å². The summed E-state index contributed by atoms with van der Waals surface area (Å²) in [5.74, 6) is 0.238. The normalized spacial score (nSPS) is 19.5. The van der Waals surface area contributed by atoms with Gasteiger partial charge in [0.2, 0.25) is 0 Å². The van der Waals surface area contributed by atoms with E-state index in [4.69, 9.17) is 0 Å². The number of nitrogens with zero attached hydrogens (tertiary/aromatic N) is 2. The Morgan fingerprint density at radius 3 is 2.39 bits per heavy atom. The first-order valence-corrected chi connectivity index (χ1v) is 6.79. The van der Waals surface area contributed by atoms with Gasteiger partial charge < -0.3 is 0 Å². The maximum atomic E-state index is 12.8. The Morgan fingerprint density at radius 2 is 1.89 bits per heavy atom. The van der Waals surface area contributed by atoms with Gasteiger partial charge in [0.05, 0.1) is 5.54 Å². The Balaban J connectivity index is 2.32. The first kappa shape index (κ1) is 13.2. The van der Waals surface area contributed by atoms with Crippen LogP contribution in [0.25, 0.3) is 0 Å². The van der Waals surface area contributed by atoms with Gasteiger partial charge in [0.15, 0.2) is 5.78 Å². The lowest BCUT2D eigenvalue weighted by molar-refractivity contribution is 0.0634. The molecule has 1 aromatic heterocycles. The van der Waals surface area contributed by atoms with Crippen LogP contribution in [0.5, 0.6) is 0 Å². The summed E-state index contributed by atoms with van der Waals surface area (Å²) in [5, 5.41) is 0. The quantitative estimate of drug-likeness (QED) is 0.607. The van der Waals surface area contributed by atoms with Crippen LogP contribution in [0.1, 0.15) is 48.9 Å². The highest BCUT2D eigenvalue weighted by atomic mass is 16.1. The van der Waals surface area contributed by atoms with E-state index in [9.17, 15) is 4.79 Å². The minimum atomic E-state index is -0.320. The molecule has 0 aliphatic heterocycles. The number of ketones is 1. The van der Waals surface area contributed by atoms with Crippen molar-refractivity contribution in [1.82, 2.24) is 9.88 Å². The van der Waals surface area contributed by atoms with Gasteiger partial charge >= 0.3 is 0 Å². The van der Waals surface area contributed by atoms with Gasteiger partial charge in [-0.3, -0.25) is 14.7 Å². The fourth-order valence-electron chi connectivity index (χ4n) is 2.96. The maximum absolute atomic E-state index is 12.8. The van der Waals surface area contributed by atoms with Crippen LogP contribution in [-0.2, 0) is 0 Å². The first-order valence-electron chi connectivity index (χ1n) is 6.79. The Bertz CT molecular complexity index is 392. The number of hydrogen-bond acceptors (Lipinski definition) is 3. The third-order valence-electron chi connectivity index (χ3n) is 4.13. The van der Waals surface area contributed by atoms with Crippen molar-refractivity contribution in [2.45, 2.75) is 44.1 Å². The predicted molar refractivity (Wildman–Crippen MR) is 72.7 cm³/mol. The highest BCUT2D eigenvalue weighted by Gasteiger charge is 2.40. The number of aromatic nitrogens is 1. The minimum absolute atomic E-state index is 0.238. The summed E-state index contributed by atoms with van der Waals surface area (Å²) in [5.41, 5.74) is 0.424. The van der Waals surface area contributed by atoms with Crippen LogP contribution in [0.15, 0.2) is 24.5 Å². The molecule has 0 atom stereocenters. The summed E-state index contributed by atoms with van der Waals surface area (Å²) >= 11 is 0. The highest BCUT2D eigenvalue weighted by Crippen LogP contribution is 2.33. The third-order valence-corrected chi connectivity index (χ3v) is 4.13. The van der Waals surface area contributed by atoms with Gasteiger partial charge in [-0.1, -0.05) is 25.7 Å². The van der Waals surface area contributed by atoms with Gasteiger partial charge in [0.25, 0.3) is 0 Å². The molecule has 0 bridgehead atoms. The molecular weight excluding hydrogens is 224 g/mol. The van der Waals surface area contributed by atoms with Crippen molar-refractivity contribution in [2.75, 3.05) is 14.1 Å². The second-order valence-electron chi connectivity index (χ2n) is 5.41. The average molecular weight is 246 g/mol. The summed E-state index contributed by atoms with van der Waals surface area (Å²) in [6.45, 7) is 0. The van der Waals surface area contributed by atoms with Crippen LogP contribution in [0, 0.1) is 0 Å². The van der Waals surface area contributed by atoms with Gasteiger partial charge in [-0.05, 0) is 39.1 Å². The van der Waals surface area contributed by atoms with E-state index in [0.29, 0.717) is 0 Å². The third kappa shape index (κ3) is 2.46. The van der Waals surface area contributed by atoms with Crippen molar-refractivity contribution in [1.29, 1.82) is 0 Å². The van der Waals surface area contributed by atoms with Crippen LogP contribution in [0.4, 0.5) is 0 Å². The van der Waals surface area contributed by atoms with E-state index in [-0.39, 0.29) is 11.3 Å². The Hall–Kier alpha value is -1.22. The van der Waals surface area contributed by atoms with Crippen LogP contribution >= 0.6 is 0 Å². The average Bonchev–Trinajstić information content (AvgIpc) is 2.65. The molecule has 0 saturated heterocycles. The lowest BCUT2D eigenvalue weighted by atomic mass is 9.82. The summed E-state index contributed by atoms with van der Waals surface area (Å²) < 4.78 is 0. The van der Waals surface area contributed by atoms with Crippen LogP contribution in [0.2, 0.25) is 0 Å². The molecule has 1 saturated carbocycles. The van der Waals surface area contributed by atoms with Gasteiger partial charge in [-0.25, -0.2) is 0 Å². The number of Topliss-reactive ketones (excluding diaryl/α,β-unsaturated/α-hetero) is 1. The van der Waals surface area contributed by atoms with Gasteiger partial charge in [-0.2, -0.15) is 0 Å². The van der Waals surface area contributed by atoms with Gasteiger partial charge in [-0.15, -0.1) is 0 Å². The van der Waals surface area contributed by atoms with Crippen molar-refractivity contribution in [3.8, 4) is 0 Å². The van der Waals surface area contributed by atoms with Crippen molar-refractivity contribution < 1.29 is 4.79 Å². The Kier molecular flexibility index (Phi) is 4.12. The molecule has 0 spiro atoms. The molecular formula is C15H22N2O. The maximum Gasteiger partial charge on any atom is 0.184 e. The molecule has 1 aromatic rings. The summed E-state index contributed by atoms with van der Waals surface area (Å²) in [4.78, 5) is 19.0. The molecule has 0 aromatic carbocycles. The number of likely N-dealkylation sites (N-methyl/N-ethyl adjacent to an activating group) is 1. The molecule has 3 heteroatoms. The summed E-state index contributed by atoms with van der Waals surface area (Å²) in [7, 11) is 4.05. The predicted octanol–water partition coefficient (Wildman–Crippen LogP) is 2.92. The van der Waals surface area contributed by atoms with Crippen molar-refractivity contribution in [3.63, 3.8) is 0 Å². The van der Waals surface area contributed by atoms with E-state index >= 15 is 0 Å². The van der Waals surface area contributed by atoms with Crippen molar-refractivity contribution >= 4 is 5.78 Å². The molecule has 2 rings (SSSR count). The molecule has 18 heavy (non-hydrogen) atoms. The summed E-state index contributed by atoms with van der Waals surface area (Å²) in [6, 6.07) is 3.72. The minimum Gasteiger partial charge on any atom is -0.297 e. The zero-order chi connectivity index (χ0) is 13.0. The fourth-order valence-corrected chi connectivity index (χ4v) is 2.96. The molecule has 1 aliphatic rings. The van der Waals surface area contributed by atoms with E-state index in [1.807, 2.05) is 26.2 Å². The fraction of sp³-hybridized carbons (Fsp3) is 0.600. The number of carbonyl (C=O) groups excluding carboxylic acids is 1. The lowest BCUT2D eigenvalue weighted by Crippen LogP contribution is -2.50. The summed E-state index contributed by atoms with van der Waals surface area (Å²) in [6.07, 6.45) is 10.1. The largest absolute Gasteiger partial charge is 0.297 e. The Morgan fingerprint density at radius 1 is 1.22 bits per heavy atom. The van der Waals surface area contributed by atoms with E-state index in [2.05, 4.69) is 9.88 Å². The zero-order valence-electron chi connectivity index (χ0n) is 11.4. The van der Waals surface area contributed by atoms with Crippen LogP contribution < -0.4 is 0 Å². The zero-order valence-corrected chi connectivity index (χ0v) is 11.4. The molecule has 1 heterocycles. The van der Waals surface area contributed by atoms with E-state index in [1.54, 1.807) is 12.4 Å².